The minimum Gasteiger partial charge on any atom is -0.395 e. The van der Waals surface area contributed by atoms with Crippen molar-refractivity contribution >= 4 is 5.91 Å². The highest BCUT2D eigenvalue weighted by Crippen LogP contribution is 2.05. The van der Waals surface area contributed by atoms with Crippen LogP contribution in [0.25, 0.3) is 0 Å². The van der Waals surface area contributed by atoms with Gasteiger partial charge in [0.1, 0.15) is 0 Å². The van der Waals surface area contributed by atoms with E-state index in [1.807, 2.05) is 0 Å². The fourth-order valence-corrected chi connectivity index (χ4v) is 1.02. The number of aliphatic hydroxyl groups excluding tert-OH is 1. The molecular formula is C11H11NO2. The number of rotatable bonds is 2. The van der Waals surface area contributed by atoms with Crippen LogP contribution in [0.4, 0.5) is 0 Å². The molecule has 3 N–H and O–H groups in total. The first kappa shape index (κ1) is 10.3. The van der Waals surface area contributed by atoms with Crippen molar-refractivity contribution < 1.29 is 9.90 Å². The number of hydrogen-bond donors (Lipinski definition) is 2. The highest BCUT2D eigenvalue weighted by molar-refractivity contribution is 5.95. The molecule has 0 saturated heterocycles. The van der Waals surface area contributed by atoms with E-state index in [-0.39, 0.29) is 6.61 Å². The summed E-state index contributed by atoms with van der Waals surface area (Å²) in [4.78, 5) is 11.0. The highest BCUT2D eigenvalue weighted by atomic mass is 16.2. The van der Waals surface area contributed by atoms with Gasteiger partial charge in [0.15, 0.2) is 0 Å². The number of benzene rings is 1. The monoisotopic (exact) mass is 189 g/mol. The second-order valence-corrected chi connectivity index (χ2v) is 2.69. The van der Waals surface area contributed by atoms with Crippen LogP contribution >= 0.6 is 0 Å². The molecule has 0 unspecified atom stereocenters. The third-order valence-corrected chi connectivity index (χ3v) is 1.65. The number of hydrogen-bond acceptors (Lipinski definition) is 2. The Morgan fingerprint density at radius 3 is 2.79 bits per heavy atom. The van der Waals surface area contributed by atoms with Gasteiger partial charge >= 0.3 is 0 Å². The molecule has 1 aromatic rings. The molecule has 1 amide bonds. The summed E-state index contributed by atoms with van der Waals surface area (Å²) in [7, 11) is 0. The van der Waals surface area contributed by atoms with Crippen molar-refractivity contribution in [2.45, 2.75) is 6.42 Å². The lowest BCUT2D eigenvalue weighted by atomic mass is 10.1. The van der Waals surface area contributed by atoms with Gasteiger partial charge in [0.25, 0.3) is 0 Å². The molecule has 0 aromatic heterocycles. The zero-order valence-corrected chi connectivity index (χ0v) is 7.66. The zero-order chi connectivity index (χ0) is 10.4. The topological polar surface area (TPSA) is 63.3 Å². The van der Waals surface area contributed by atoms with Crippen molar-refractivity contribution in [2.75, 3.05) is 6.61 Å². The average Bonchev–Trinajstić information content (AvgIpc) is 2.19. The van der Waals surface area contributed by atoms with Crippen LogP contribution in [0, 0.1) is 11.8 Å². The predicted octanol–water partition coefficient (Wildman–Crippen LogP) is 0.519. The van der Waals surface area contributed by atoms with Crippen molar-refractivity contribution in [2.24, 2.45) is 5.73 Å². The average molecular weight is 189 g/mol. The van der Waals surface area contributed by atoms with E-state index in [9.17, 15) is 4.79 Å². The number of amides is 1. The molecule has 3 nitrogen and oxygen atoms in total. The number of carbonyl (C=O) groups excluding carboxylic acids is 1. The summed E-state index contributed by atoms with van der Waals surface area (Å²) < 4.78 is 0. The van der Waals surface area contributed by atoms with Gasteiger partial charge in [0.05, 0.1) is 12.2 Å². The van der Waals surface area contributed by atoms with Crippen molar-refractivity contribution in [1.82, 2.24) is 0 Å². The van der Waals surface area contributed by atoms with E-state index < -0.39 is 5.91 Å². The highest BCUT2D eigenvalue weighted by Gasteiger charge is 2.03. The van der Waals surface area contributed by atoms with E-state index in [0.29, 0.717) is 17.5 Å². The van der Waals surface area contributed by atoms with Crippen LogP contribution in [0.1, 0.15) is 22.3 Å². The molecule has 0 aliphatic heterocycles. The molecule has 0 atom stereocenters. The van der Waals surface area contributed by atoms with Gasteiger partial charge in [0, 0.05) is 12.0 Å². The normalized spacial score (nSPS) is 8.93. The van der Waals surface area contributed by atoms with E-state index in [4.69, 9.17) is 10.8 Å². The lowest BCUT2D eigenvalue weighted by Crippen LogP contribution is -2.12. The number of nitrogens with two attached hydrogens (primary N) is 1. The molecule has 14 heavy (non-hydrogen) atoms. The van der Waals surface area contributed by atoms with Crippen molar-refractivity contribution in [1.29, 1.82) is 0 Å². The third kappa shape index (κ3) is 2.61. The molecule has 0 aliphatic carbocycles. The van der Waals surface area contributed by atoms with E-state index in [2.05, 4.69) is 11.8 Å². The Bertz CT molecular complexity index is 388. The maximum atomic E-state index is 11.0. The second-order valence-electron chi connectivity index (χ2n) is 2.69. The lowest BCUT2D eigenvalue weighted by molar-refractivity contribution is 0.1000. The number of carbonyl (C=O) groups is 1. The van der Waals surface area contributed by atoms with E-state index in [1.54, 1.807) is 24.3 Å². The first-order valence-electron chi connectivity index (χ1n) is 4.24. The van der Waals surface area contributed by atoms with Crippen LogP contribution in [-0.4, -0.2) is 17.6 Å². The summed E-state index contributed by atoms with van der Waals surface area (Å²) in [6.07, 6.45) is 0.396. The third-order valence-electron chi connectivity index (χ3n) is 1.65. The molecule has 0 radical (unpaired) electrons. The van der Waals surface area contributed by atoms with Crippen LogP contribution in [0.5, 0.6) is 0 Å². The van der Waals surface area contributed by atoms with Gasteiger partial charge < -0.3 is 10.8 Å². The Morgan fingerprint density at radius 1 is 1.43 bits per heavy atom. The van der Waals surface area contributed by atoms with Gasteiger partial charge in [-0.25, -0.2) is 0 Å². The maximum absolute atomic E-state index is 11.0. The molecular weight excluding hydrogens is 178 g/mol. The molecule has 0 heterocycles. The SMILES string of the molecule is NC(=O)c1ccccc1C#CCCO. The molecule has 1 aromatic carbocycles. The van der Waals surface area contributed by atoms with E-state index in [1.165, 1.54) is 0 Å². The zero-order valence-electron chi connectivity index (χ0n) is 7.66. The van der Waals surface area contributed by atoms with Crippen LogP contribution in [0.15, 0.2) is 24.3 Å². The number of aliphatic hydroxyl groups is 1. The molecule has 0 saturated carbocycles. The van der Waals surface area contributed by atoms with Crippen LogP contribution in [0.3, 0.4) is 0 Å². The Hall–Kier alpha value is -1.79. The minimum absolute atomic E-state index is 0.0196. The van der Waals surface area contributed by atoms with Gasteiger partial charge in [-0.1, -0.05) is 24.0 Å². The Balaban J connectivity index is 2.97. The van der Waals surface area contributed by atoms with Crippen molar-refractivity contribution in [3.05, 3.63) is 35.4 Å². The van der Waals surface area contributed by atoms with Gasteiger partial charge in [0.2, 0.25) is 5.91 Å². The smallest absolute Gasteiger partial charge is 0.249 e. The molecule has 1 rings (SSSR count). The van der Waals surface area contributed by atoms with Gasteiger partial charge in [-0.3, -0.25) is 4.79 Å². The van der Waals surface area contributed by atoms with Crippen LogP contribution in [-0.2, 0) is 0 Å². The Labute approximate surface area is 82.6 Å². The summed E-state index contributed by atoms with van der Waals surface area (Å²) in [5.74, 6) is 5.04. The number of primary amides is 1. The second kappa shape index (κ2) is 5.05. The van der Waals surface area contributed by atoms with Crippen molar-refractivity contribution in [3.8, 4) is 11.8 Å². The first-order chi connectivity index (χ1) is 6.75. The van der Waals surface area contributed by atoms with Gasteiger partial charge in [-0.05, 0) is 12.1 Å². The molecule has 3 heteroatoms. The molecule has 0 aliphatic rings. The molecule has 0 fully saturated rings. The van der Waals surface area contributed by atoms with Crippen molar-refractivity contribution in [3.63, 3.8) is 0 Å². The molecule has 72 valence electrons. The Morgan fingerprint density at radius 2 is 2.14 bits per heavy atom. The van der Waals surface area contributed by atoms with E-state index in [0.717, 1.165) is 0 Å². The first-order valence-corrected chi connectivity index (χ1v) is 4.24. The summed E-state index contributed by atoms with van der Waals surface area (Å²) >= 11 is 0. The van der Waals surface area contributed by atoms with Crippen LogP contribution < -0.4 is 5.73 Å². The largest absolute Gasteiger partial charge is 0.395 e. The summed E-state index contributed by atoms with van der Waals surface area (Å²) in [6.45, 7) is 0.0196. The summed E-state index contributed by atoms with van der Waals surface area (Å²) in [6, 6.07) is 6.88. The molecule has 0 bridgehead atoms. The Kier molecular flexibility index (Phi) is 3.71. The fraction of sp³-hybridized carbons (Fsp3) is 0.182. The molecule has 0 spiro atoms. The lowest BCUT2D eigenvalue weighted by Gasteiger charge is -1.97. The van der Waals surface area contributed by atoms with E-state index >= 15 is 0 Å². The fourth-order valence-electron chi connectivity index (χ4n) is 1.02. The quantitative estimate of drug-likeness (QED) is 0.666. The predicted molar refractivity (Wildman–Crippen MR) is 53.5 cm³/mol. The van der Waals surface area contributed by atoms with Gasteiger partial charge in [-0.2, -0.15) is 0 Å². The standard InChI is InChI=1S/C11H11NO2/c12-11(14)10-7-2-1-5-9(10)6-3-4-8-13/h1-2,5,7,13H,4,8H2,(H2,12,14). The van der Waals surface area contributed by atoms with Crippen LogP contribution in [0.2, 0.25) is 0 Å². The van der Waals surface area contributed by atoms with Gasteiger partial charge in [-0.15, -0.1) is 0 Å². The summed E-state index contributed by atoms with van der Waals surface area (Å²) in [5.41, 5.74) is 6.18. The maximum Gasteiger partial charge on any atom is 0.249 e. The summed E-state index contributed by atoms with van der Waals surface area (Å²) in [5, 5.41) is 8.53. The minimum atomic E-state index is -0.487.